The minimum atomic E-state index is -0.541. The van der Waals surface area contributed by atoms with E-state index in [1.54, 1.807) is 58.2 Å². The van der Waals surface area contributed by atoms with Gasteiger partial charge in [0.15, 0.2) is 6.79 Å². The highest BCUT2D eigenvalue weighted by Gasteiger charge is 2.38. The fraction of sp³-hybridized carbons (Fsp3) is 0.481. The molecule has 4 fully saturated rings. The van der Waals surface area contributed by atoms with Gasteiger partial charge in [-0.2, -0.15) is 21.0 Å². The van der Waals surface area contributed by atoms with E-state index in [2.05, 4.69) is 83.1 Å². The third-order valence-electron chi connectivity index (χ3n) is 20.7. The maximum atomic E-state index is 12.6. The van der Waals surface area contributed by atoms with Crippen LogP contribution in [0.4, 0.5) is 22.7 Å². The number of ether oxygens (including phenoxy) is 5. The largest absolute Gasteiger partial charge is 0.465 e. The van der Waals surface area contributed by atoms with Crippen LogP contribution in [0.3, 0.4) is 0 Å². The highest BCUT2D eigenvalue weighted by molar-refractivity contribution is 6.07. The summed E-state index contributed by atoms with van der Waals surface area (Å²) in [5.74, 6) is -1.29. The predicted molar refractivity (Wildman–Crippen MR) is 406 cm³/mol. The number of likely N-dealkylation sites (tertiary alicyclic amines) is 4. The van der Waals surface area contributed by atoms with Crippen molar-refractivity contribution in [2.75, 3.05) is 121 Å². The summed E-state index contributed by atoms with van der Waals surface area (Å²) in [7, 11) is 6.65. The molecule has 8 aromatic rings. The van der Waals surface area contributed by atoms with Crippen LogP contribution >= 0.6 is 0 Å². The molecule has 0 saturated carbocycles. The molecule has 110 heavy (non-hydrogen) atoms. The van der Waals surface area contributed by atoms with Crippen molar-refractivity contribution < 1.29 is 62.0 Å². The van der Waals surface area contributed by atoms with E-state index in [1.807, 2.05) is 67.5 Å². The molecule has 6 N–H and O–H groups in total. The maximum Gasteiger partial charge on any atom is 0.343 e. The monoisotopic (exact) mass is 1510 g/mol. The predicted octanol–water partition coefficient (Wildman–Crippen LogP) is 8.45. The molecule has 4 amide bonds. The lowest BCUT2D eigenvalue weighted by Gasteiger charge is -2.43. The van der Waals surface area contributed by atoms with Crippen molar-refractivity contribution in [2.45, 2.75) is 117 Å². The Morgan fingerprint density at radius 1 is 0.455 bits per heavy atom. The van der Waals surface area contributed by atoms with E-state index in [0.717, 1.165) is 58.6 Å². The summed E-state index contributed by atoms with van der Waals surface area (Å²) in [4.78, 5) is 139. The molecule has 33 nitrogen and oxygen atoms in total. The van der Waals surface area contributed by atoms with E-state index in [0.29, 0.717) is 126 Å². The summed E-state index contributed by atoms with van der Waals surface area (Å²) in [6.45, 7) is 16.9. The Morgan fingerprint density at radius 2 is 0.764 bits per heavy atom. The Kier molecular flexibility index (Phi) is 28.6. The number of hydrogen-bond donors (Lipinski definition) is 6. The summed E-state index contributed by atoms with van der Waals surface area (Å²) in [6, 6.07) is 15.0. The summed E-state index contributed by atoms with van der Waals surface area (Å²) in [6.07, 6.45) is 15.9. The van der Waals surface area contributed by atoms with Crippen molar-refractivity contribution in [3.8, 4) is 24.3 Å². The fourth-order valence-corrected chi connectivity index (χ4v) is 14.3. The number of aromatic amines is 4. The van der Waals surface area contributed by atoms with E-state index < -0.39 is 23.9 Å². The van der Waals surface area contributed by atoms with Crippen LogP contribution in [0.25, 0.3) is 44.1 Å². The van der Waals surface area contributed by atoms with E-state index in [-0.39, 0.29) is 99.4 Å². The number of hydrogen-bond acceptors (Lipinski definition) is 25. The third-order valence-corrected chi connectivity index (χ3v) is 20.7. The topological polar surface area (TPSA) is 436 Å². The number of anilines is 4. The number of likely N-dealkylation sites (N-methyl/N-ethyl adjacent to an activating group) is 2. The van der Waals surface area contributed by atoms with Gasteiger partial charge in [-0.05, 0) is 87.5 Å². The molecular weight excluding hydrogens is 1410 g/mol. The van der Waals surface area contributed by atoms with Crippen molar-refractivity contribution in [2.24, 2.45) is 23.7 Å². The smallest absolute Gasteiger partial charge is 0.343 e. The Balaban J connectivity index is 0.000000169. The Bertz CT molecular complexity index is 4790. The van der Waals surface area contributed by atoms with Gasteiger partial charge in [0.05, 0.1) is 67.3 Å². The first-order valence-electron chi connectivity index (χ1n) is 36.6. The number of nitriles is 4. The van der Waals surface area contributed by atoms with Gasteiger partial charge in [0, 0.05) is 169 Å². The van der Waals surface area contributed by atoms with E-state index in [1.165, 1.54) is 39.0 Å². The Labute approximate surface area is 636 Å². The van der Waals surface area contributed by atoms with E-state index in [9.17, 15) is 38.4 Å². The van der Waals surface area contributed by atoms with E-state index >= 15 is 0 Å². The molecule has 12 heterocycles. The van der Waals surface area contributed by atoms with Gasteiger partial charge in [0.1, 0.15) is 70.5 Å². The van der Waals surface area contributed by atoms with Gasteiger partial charge < -0.3 is 83.7 Å². The summed E-state index contributed by atoms with van der Waals surface area (Å²) >= 11 is 0. The van der Waals surface area contributed by atoms with E-state index in [4.69, 9.17) is 44.7 Å². The van der Waals surface area contributed by atoms with Crippen LogP contribution in [-0.2, 0) is 42.9 Å². The number of amides is 4. The molecule has 8 atom stereocenters. The number of rotatable bonds is 20. The first-order chi connectivity index (χ1) is 53.0. The minimum absolute atomic E-state index is 0.00469. The molecule has 33 heteroatoms. The molecular formula is C77H94N20O13. The van der Waals surface area contributed by atoms with Crippen LogP contribution in [0.15, 0.2) is 73.8 Å². The fourth-order valence-electron chi connectivity index (χ4n) is 14.3. The molecule has 0 aliphatic carbocycles. The maximum absolute atomic E-state index is 12.6. The summed E-state index contributed by atoms with van der Waals surface area (Å²) in [5.41, 5.74) is 6.91. The Hall–Kier alpha value is -12.4. The molecule has 4 aliphatic rings. The molecule has 580 valence electrons. The van der Waals surface area contributed by atoms with Crippen molar-refractivity contribution in [3.05, 3.63) is 96.1 Å². The van der Waals surface area contributed by atoms with Gasteiger partial charge in [0.2, 0.25) is 23.6 Å². The molecule has 4 saturated heterocycles. The lowest BCUT2D eigenvalue weighted by molar-refractivity contribution is -0.132. The van der Waals surface area contributed by atoms with Crippen molar-refractivity contribution >= 4 is 114 Å². The zero-order valence-corrected chi connectivity index (χ0v) is 63.6. The average Bonchev–Trinajstić information content (AvgIpc) is 1.49. The average molecular weight is 1510 g/mol. The number of carbonyl (C=O) groups is 8. The molecule has 12 rings (SSSR count). The normalized spacial score (nSPS) is 19.4. The van der Waals surface area contributed by atoms with Crippen LogP contribution in [-0.4, -0.2) is 232 Å². The first-order valence-corrected chi connectivity index (χ1v) is 36.6. The molecule has 0 bridgehead atoms. The SMILES string of the molecule is CCOC(=O)c1cnc2[nH]ccc2c1N(C)[C@H]1CN(C(=O)CC#N)CC[C@H]1C.CCOC(=O)c1cnc2[nH]ccc2c1N[C@H]1CN(C(=O)CC#N)CC[C@H]1C.COC(=O)c1cnc2[nH]ccc2c1N(C)[C@H]1CN(C(=O)CC#N)CC[C@H]1C.COCOC(=O)c1cnc2[nH]ccc2c1N[C@H]1CN(C(=O)CC#N)CC[C@H]1C. The number of nitrogens with zero attached hydrogens (tertiary/aromatic N) is 14. The second-order valence-corrected chi connectivity index (χ2v) is 27.5. The number of methoxy groups -OCH3 is 2. The molecule has 0 spiro atoms. The zero-order chi connectivity index (χ0) is 79.3. The van der Waals surface area contributed by atoms with Gasteiger partial charge in [-0.25, -0.2) is 39.1 Å². The first kappa shape index (κ1) is 81.7. The van der Waals surface area contributed by atoms with Crippen molar-refractivity contribution in [1.82, 2.24) is 59.5 Å². The number of H-pyrrole nitrogens is 4. The molecule has 0 aromatic carbocycles. The molecule has 0 unspecified atom stereocenters. The van der Waals surface area contributed by atoms with Gasteiger partial charge in [-0.1, -0.05) is 27.7 Å². The lowest BCUT2D eigenvalue weighted by Crippen LogP contribution is -2.52. The zero-order valence-electron chi connectivity index (χ0n) is 63.6. The summed E-state index contributed by atoms with van der Waals surface area (Å²) in [5, 5.41) is 45.4. The van der Waals surface area contributed by atoms with Crippen molar-refractivity contribution in [1.29, 1.82) is 21.0 Å². The second kappa shape index (κ2) is 38.4. The van der Waals surface area contributed by atoms with Crippen LogP contribution in [0, 0.1) is 69.0 Å². The Morgan fingerprint density at radius 3 is 1.11 bits per heavy atom. The third kappa shape index (κ3) is 19.1. The quantitative estimate of drug-likeness (QED) is 0.0237. The van der Waals surface area contributed by atoms with Crippen LogP contribution in [0.5, 0.6) is 0 Å². The van der Waals surface area contributed by atoms with Gasteiger partial charge in [-0.15, -0.1) is 0 Å². The number of piperidine rings is 4. The number of nitrogens with one attached hydrogen (secondary N) is 6. The van der Waals surface area contributed by atoms with Crippen LogP contribution in [0.2, 0.25) is 0 Å². The molecule has 4 aliphatic heterocycles. The number of carbonyl (C=O) groups excluding carboxylic acids is 8. The number of fused-ring (bicyclic) bond motifs is 4. The van der Waals surface area contributed by atoms with Gasteiger partial charge in [-0.3, -0.25) is 19.2 Å². The van der Waals surface area contributed by atoms with Crippen LogP contribution < -0.4 is 20.4 Å². The minimum Gasteiger partial charge on any atom is -0.465 e. The van der Waals surface area contributed by atoms with Crippen LogP contribution in [0.1, 0.15) is 134 Å². The van der Waals surface area contributed by atoms with Gasteiger partial charge >= 0.3 is 23.9 Å². The number of pyridine rings is 4. The molecule has 0 radical (unpaired) electrons. The second-order valence-electron chi connectivity index (χ2n) is 27.5. The van der Waals surface area contributed by atoms with Crippen molar-refractivity contribution in [3.63, 3.8) is 0 Å². The standard InChI is InChI=1S/C20H25N5O3.C19H23N5O4.2C19H23N5O3/c1-4-28-20(27)15-11-23-19-14(6-9-22-19)18(15)24(3)16-12-25(10-7-13(16)2)17(26)5-8-21;1-12-5-8-24(16(25)3-6-20)10-15(12)23-17-13-4-7-21-18(13)22-9-14(17)19(26)28-11-27-2;1-12-6-9-24(16(25)4-7-20)11-15(12)23(2)17-13-5-8-21-18(13)22-10-14(17)19(26)27-3;1-3-27-19(26)14-10-22-18-13(5-8-21-18)17(14)23-15-11-24(9-6-12(15)2)16(25)4-7-20/h6,9,11,13,16H,4-5,7,10,12H2,1-3H3,(H,22,23);4,7,9,12,15H,3,5,8,10-11H2,1-2H3,(H2,21,22,23);5,8,10,12,15H,4,6,9,11H2,1-3H3,(H,21,22);5,8,10,12,15H,3-4,6,9,11H2,1-2H3,(H2,21,22,23)/t13-,16+;3*12-,15+/m1111/s1. The highest BCUT2D eigenvalue weighted by atomic mass is 16.7. The number of esters is 4. The number of aromatic nitrogens is 8. The highest BCUT2D eigenvalue weighted by Crippen LogP contribution is 2.38. The molecule has 8 aromatic heterocycles. The van der Waals surface area contributed by atoms with Gasteiger partial charge in [0.25, 0.3) is 0 Å². The lowest BCUT2D eigenvalue weighted by atomic mass is 9.91. The summed E-state index contributed by atoms with van der Waals surface area (Å²) < 4.78 is 25.3.